The van der Waals surface area contributed by atoms with Gasteiger partial charge in [0, 0.05) is 31.1 Å². The van der Waals surface area contributed by atoms with Crippen molar-refractivity contribution < 1.29 is 4.79 Å². The van der Waals surface area contributed by atoms with Crippen LogP contribution in [0.1, 0.15) is 58.8 Å². The monoisotopic (exact) mass is 252 g/mol. The van der Waals surface area contributed by atoms with E-state index in [1.54, 1.807) is 0 Å². The van der Waals surface area contributed by atoms with Crippen LogP contribution in [0.3, 0.4) is 0 Å². The Kier molecular flexibility index (Phi) is 5.04. The van der Waals surface area contributed by atoms with Gasteiger partial charge in [0.25, 0.3) is 0 Å². The van der Waals surface area contributed by atoms with Crippen LogP contribution in [0.15, 0.2) is 0 Å². The lowest BCUT2D eigenvalue weighted by atomic mass is 9.88. The quantitative estimate of drug-likeness (QED) is 0.837. The number of piperidine rings is 1. The maximum Gasteiger partial charge on any atom is 0.223 e. The van der Waals surface area contributed by atoms with Gasteiger partial charge in [0.2, 0.25) is 5.91 Å². The average Bonchev–Trinajstić information content (AvgIpc) is 2.40. The molecule has 1 amide bonds. The molecule has 0 aromatic rings. The first-order chi connectivity index (χ1) is 8.66. The van der Waals surface area contributed by atoms with Crippen LogP contribution >= 0.6 is 0 Å². The van der Waals surface area contributed by atoms with Crippen molar-refractivity contribution in [2.45, 2.75) is 70.9 Å². The van der Waals surface area contributed by atoms with E-state index in [1.165, 1.54) is 19.3 Å². The summed E-state index contributed by atoms with van der Waals surface area (Å²) in [5.74, 6) is 0.638. The molecule has 0 unspecified atom stereocenters. The Bertz CT molecular complexity index is 264. The molecule has 3 heteroatoms. The molecule has 2 fully saturated rings. The van der Waals surface area contributed by atoms with E-state index in [2.05, 4.69) is 24.1 Å². The second-order valence-corrected chi connectivity index (χ2v) is 6.25. The highest BCUT2D eigenvalue weighted by molar-refractivity contribution is 5.79. The van der Waals surface area contributed by atoms with Crippen molar-refractivity contribution in [3.8, 4) is 0 Å². The largest absolute Gasteiger partial charge is 0.353 e. The fraction of sp³-hybridized carbons (Fsp3) is 0.933. The van der Waals surface area contributed by atoms with Gasteiger partial charge in [-0.1, -0.05) is 19.3 Å². The molecular formula is C15H28N2O. The van der Waals surface area contributed by atoms with Gasteiger partial charge < -0.3 is 10.2 Å². The Labute approximate surface area is 111 Å². The third kappa shape index (κ3) is 3.71. The average molecular weight is 252 g/mol. The van der Waals surface area contributed by atoms with E-state index in [0.29, 0.717) is 23.9 Å². The smallest absolute Gasteiger partial charge is 0.223 e. The van der Waals surface area contributed by atoms with E-state index < -0.39 is 0 Å². The third-order valence-electron chi connectivity index (χ3n) is 4.58. The summed E-state index contributed by atoms with van der Waals surface area (Å²) in [4.78, 5) is 14.7. The number of hydrogen-bond donors (Lipinski definition) is 1. The van der Waals surface area contributed by atoms with Gasteiger partial charge in [0.05, 0.1) is 0 Å². The molecule has 0 aromatic carbocycles. The molecule has 2 aliphatic rings. The molecule has 1 N–H and O–H groups in total. The fourth-order valence-electron chi connectivity index (χ4n) is 3.24. The molecule has 0 radical (unpaired) electrons. The van der Waals surface area contributed by atoms with Gasteiger partial charge in [-0.15, -0.1) is 0 Å². The summed E-state index contributed by atoms with van der Waals surface area (Å²) in [7, 11) is 0. The van der Waals surface area contributed by atoms with Crippen molar-refractivity contribution in [1.82, 2.24) is 10.2 Å². The lowest BCUT2D eigenvalue weighted by Gasteiger charge is -2.35. The number of hydrogen-bond acceptors (Lipinski definition) is 2. The molecule has 1 aliphatic heterocycles. The van der Waals surface area contributed by atoms with Crippen LogP contribution < -0.4 is 5.32 Å². The molecule has 1 saturated heterocycles. The van der Waals surface area contributed by atoms with Crippen LogP contribution in [0.25, 0.3) is 0 Å². The van der Waals surface area contributed by atoms with Crippen LogP contribution in [0.4, 0.5) is 0 Å². The first-order valence-electron chi connectivity index (χ1n) is 7.71. The van der Waals surface area contributed by atoms with Crippen LogP contribution in [-0.4, -0.2) is 36.0 Å². The number of likely N-dealkylation sites (tertiary alicyclic amines) is 1. The van der Waals surface area contributed by atoms with Gasteiger partial charge in [0.15, 0.2) is 0 Å². The second kappa shape index (κ2) is 6.55. The maximum absolute atomic E-state index is 12.2. The summed E-state index contributed by atoms with van der Waals surface area (Å²) >= 11 is 0. The standard InChI is InChI=1S/C15H28N2O/c1-12(2)17-10-8-14(9-11-17)16-15(18)13-6-4-3-5-7-13/h12-14H,3-11H2,1-2H3,(H,16,18). The van der Waals surface area contributed by atoms with E-state index in [9.17, 15) is 4.79 Å². The first-order valence-corrected chi connectivity index (χ1v) is 7.71. The minimum atomic E-state index is 0.307. The topological polar surface area (TPSA) is 32.3 Å². The molecule has 18 heavy (non-hydrogen) atoms. The number of rotatable bonds is 3. The third-order valence-corrected chi connectivity index (χ3v) is 4.58. The van der Waals surface area contributed by atoms with Crippen molar-refractivity contribution in [2.24, 2.45) is 5.92 Å². The summed E-state index contributed by atoms with van der Waals surface area (Å²) < 4.78 is 0. The van der Waals surface area contributed by atoms with Gasteiger partial charge in [-0.05, 0) is 39.5 Å². The van der Waals surface area contributed by atoms with Crippen LogP contribution in [0.5, 0.6) is 0 Å². The summed E-state index contributed by atoms with van der Waals surface area (Å²) in [6.07, 6.45) is 8.25. The summed E-state index contributed by atoms with van der Waals surface area (Å²) in [6, 6.07) is 1.06. The highest BCUT2D eigenvalue weighted by atomic mass is 16.1. The number of amides is 1. The molecule has 1 saturated carbocycles. The van der Waals surface area contributed by atoms with Gasteiger partial charge >= 0.3 is 0 Å². The van der Waals surface area contributed by atoms with E-state index in [-0.39, 0.29) is 0 Å². The molecule has 104 valence electrons. The Morgan fingerprint density at radius 2 is 1.67 bits per heavy atom. The first kappa shape index (κ1) is 13.9. The fourth-order valence-corrected chi connectivity index (χ4v) is 3.24. The normalized spacial score (nSPS) is 24.4. The number of carbonyl (C=O) groups is 1. The Hall–Kier alpha value is -0.570. The SMILES string of the molecule is CC(C)N1CCC(NC(=O)C2CCCCC2)CC1. The lowest BCUT2D eigenvalue weighted by molar-refractivity contribution is -0.127. The van der Waals surface area contributed by atoms with Crippen molar-refractivity contribution in [3.05, 3.63) is 0 Å². The van der Waals surface area contributed by atoms with Crippen molar-refractivity contribution in [2.75, 3.05) is 13.1 Å². The maximum atomic E-state index is 12.2. The van der Waals surface area contributed by atoms with E-state index in [4.69, 9.17) is 0 Å². The highest BCUT2D eigenvalue weighted by Crippen LogP contribution is 2.24. The van der Waals surface area contributed by atoms with Crippen molar-refractivity contribution >= 4 is 5.91 Å². The Balaban J connectivity index is 1.72. The highest BCUT2D eigenvalue weighted by Gasteiger charge is 2.26. The van der Waals surface area contributed by atoms with Crippen LogP contribution in [0.2, 0.25) is 0 Å². The minimum Gasteiger partial charge on any atom is -0.353 e. The molecule has 0 aromatic heterocycles. The Morgan fingerprint density at radius 1 is 1.06 bits per heavy atom. The molecule has 0 spiro atoms. The molecule has 1 aliphatic carbocycles. The summed E-state index contributed by atoms with van der Waals surface area (Å²) in [5, 5.41) is 3.28. The van der Waals surface area contributed by atoms with Gasteiger partial charge in [-0.25, -0.2) is 0 Å². The lowest BCUT2D eigenvalue weighted by Crippen LogP contribution is -2.48. The van der Waals surface area contributed by atoms with Gasteiger partial charge in [0.1, 0.15) is 0 Å². The molecule has 0 atom stereocenters. The molecule has 0 bridgehead atoms. The number of nitrogens with one attached hydrogen (secondary N) is 1. The number of nitrogens with zero attached hydrogens (tertiary/aromatic N) is 1. The molecule has 1 heterocycles. The number of carbonyl (C=O) groups excluding carboxylic acids is 1. The van der Waals surface area contributed by atoms with E-state index in [1.807, 2.05) is 0 Å². The van der Waals surface area contributed by atoms with Crippen molar-refractivity contribution in [3.63, 3.8) is 0 Å². The van der Waals surface area contributed by atoms with Gasteiger partial charge in [-0.3, -0.25) is 4.79 Å². The predicted molar refractivity (Wildman–Crippen MR) is 74.4 cm³/mol. The summed E-state index contributed by atoms with van der Waals surface area (Å²) in [6.45, 7) is 6.77. The van der Waals surface area contributed by atoms with E-state index >= 15 is 0 Å². The zero-order valence-corrected chi connectivity index (χ0v) is 12.0. The zero-order valence-electron chi connectivity index (χ0n) is 12.0. The van der Waals surface area contributed by atoms with E-state index in [0.717, 1.165) is 38.8 Å². The zero-order chi connectivity index (χ0) is 13.0. The molecule has 2 rings (SSSR count). The van der Waals surface area contributed by atoms with Crippen LogP contribution in [0, 0.1) is 5.92 Å². The summed E-state index contributed by atoms with van der Waals surface area (Å²) in [5.41, 5.74) is 0. The Morgan fingerprint density at radius 3 is 2.22 bits per heavy atom. The van der Waals surface area contributed by atoms with Gasteiger partial charge in [-0.2, -0.15) is 0 Å². The second-order valence-electron chi connectivity index (χ2n) is 6.25. The minimum absolute atomic E-state index is 0.307. The predicted octanol–water partition coefficient (Wildman–Crippen LogP) is 2.56. The van der Waals surface area contributed by atoms with Crippen LogP contribution in [-0.2, 0) is 4.79 Å². The molecule has 3 nitrogen and oxygen atoms in total. The molecular weight excluding hydrogens is 224 g/mol. The van der Waals surface area contributed by atoms with Crippen molar-refractivity contribution in [1.29, 1.82) is 0 Å².